The third-order valence-electron chi connectivity index (χ3n) is 3.61. The normalized spacial score (nSPS) is 10.7. The van der Waals surface area contributed by atoms with Crippen LogP contribution in [0.15, 0.2) is 84.9 Å². The maximum absolute atomic E-state index is 10.4. The van der Waals surface area contributed by atoms with Gasteiger partial charge in [0.15, 0.2) is 0 Å². The van der Waals surface area contributed by atoms with Gasteiger partial charge in [0.05, 0.1) is 0 Å². The number of amidine groups is 1. The molecule has 3 rings (SSSR count). The van der Waals surface area contributed by atoms with E-state index >= 15 is 0 Å². The Morgan fingerprint density at radius 2 is 1.03 bits per heavy atom. The quantitative estimate of drug-likeness (QED) is 0.160. The van der Waals surface area contributed by atoms with Crippen LogP contribution in [0.25, 0.3) is 0 Å². The van der Waals surface area contributed by atoms with Crippen molar-refractivity contribution < 1.29 is 25.9 Å². The Balaban J connectivity index is 0.000000240. The summed E-state index contributed by atoms with van der Waals surface area (Å²) < 4.78 is 58.3. The number of hydrogen-bond donors (Lipinski definition) is 5. The number of benzene rings is 3. The van der Waals surface area contributed by atoms with Gasteiger partial charge >= 0.3 is 0 Å². The molecule has 0 aliphatic rings. The van der Waals surface area contributed by atoms with E-state index in [9.17, 15) is 16.8 Å². The summed E-state index contributed by atoms with van der Waals surface area (Å²) in [6.45, 7) is 0. The SMILES string of the molecule is N=C(N)c1ccc(N)cc1.O=S(=O)(O)Cc1ccccc1.O=S(=O)(O)Cc1ccccc1. The molecule has 3 aromatic carbocycles. The molecule has 3 aromatic rings. The van der Waals surface area contributed by atoms with Crippen LogP contribution in [0, 0.1) is 5.41 Å². The second-order valence-electron chi connectivity index (χ2n) is 6.46. The molecule has 172 valence electrons. The van der Waals surface area contributed by atoms with E-state index in [1.165, 1.54) is 0 Å². The van der Waals surface area contributed by atoms with E-state index in [2.05, 4.69) is 0 Å². The lowest BCUT2D eigenvalue weighted by atomic mass is 10.2. The van der Waals surface area contributed by atoms with Crippen LogP contribution >= 0.6 is 0 Å². The number of nitrogens with one attached hydrogen (secondary N) is 1. The van der Waals surface area contributed by atoms with Crippen molar-refractivity contribution in [2.45, 2.75) is 11.5 Å². The molecule has 32 heavy (non-hydrogen) atoms. The van der Waals surface area contributed by atoms with Gasteiger partial charge in [0, 0.05) is 11.3 Å². The standard InChI is InChI=1S/C7H9N3.2C7H8O3S/c8-6-3-1-5(2-4-6)7(9)10;2*8-11(9,10)6-7-4-2-1-3-5-7/h1-4H,8H2,(H3,9,10);2*1-5H,6H2,(H,8,9,10). The molecule has 0 aliphatic carbocycles. The first-order chi connectivity index (χ1) is 14.9. The summed E-state index contributed by atoms with van der Waals surface area (Å²) in [4.78, 5) is 0. The van der Waals surface area contributed by atoms with E-state index in [0.29, 0.717) is 22.4 Å². The minimum atomic E-state index is -3.88. The summed E-state index contributed by atoms with van der Waals surface area (Å²) in [5.74, 6) is -0.554. The van der Waals surface area contributed by atoms with Gasteiger partial charge in [-0.25, -0.2) is 0 Å². The fourth-order valence-corrected chi connectivity index (χ4v) is 3.46. The molecule has 0 atom stereocenters. The highest BCUT2D eigenvalue weighted by atomic mass is 32.2. The first kappa shape index (κ1) is 26.8. The molecule has 11 heteroatoms. The van der Waals surface area contributed by atoms with Crippen molar-refractivity contribution in [3.05, 3.63) is 102 Å². The Morgan fingerprint density at radius 3 is 1.31 bits per heavy atom. The zero-order chi connectivity index (χ0) is 24.2. The van der Waals surface area contributed by atoms with Gasteiger partial charge in [-0.3, -0.25) is 14.5 Å². The van der Waals surface area contributed by atoms with E-state index in [-0.39, 0.29) is 17.3 Å². The fraction of sp³-hybridized carbons (Fsp3) is 0.0952. The van der Waals surface area contributed by atoms with Crippen molar-refractivity contribution in [3.8, 4) is 0 Å². The molecule has 0 heterocycles. The summed E-state index contributed by atoms with van der Waals surface area (Å²) in [5, 5.41) is 7.04. The predicted octanol–water partition coefficient (Wildman–Crippen LogP) is 2.70. The lowest BCUT2D eigenvalue weighted by Gasteiger charge is -1.96. The van der Waals surface area contributed by atoms with Gasteiger partial charge in [-0.15, -0.1) is 0 Å². The lowest BCUT2D eigenvalue weighted by Crippen LogP contribution is -2.10. The average molecular weight is 480 g/mol. The molecule has 0 aliphatic heterocycles. The first-order valence-electron chi connectivity index (χ1n) is 9.04. The van der Waals surface area contributed by atoms with Crippen LogP contribution in [0.3, 0.4) is 0 Å². The highest BCUT2D eigenvalue weighted by Gasteiger charge is 2.05. The fourth-order valence-electron chi connectivity index (χ4n) is 2.23. The molecular weight excluding hydrogens is 454 g/mol. The minimum absolute atomic E-state index is 0.0694. The highest BCUT2D eigenvalue weighted by molar-refractivity contribution is 7.85. The van der Waals surface area contributed by atoms with Crippen molar-refractivity contribution >= 4 is 31.8 Å². The van der Waals surface area contributed by atoms with Gasteiger partial charge in [0.2, 0.25) is 0 Å². The van der Waals surface area contributed by atoms with Crippen molar-refractivity contribution in [3.63, 3.8) is 0 Å². The molecule has 0 aromatic heterocycles. The van der Waals surface area contributed by atoms with Crippen molar-refractivity contribution in [2.75, 3.05) is 5.73 Å². The average Bonchev–Trinajstić information content (AvgIpc) is 2.68. The van der Waals surface area contributed by atoms with Gasteiger partial charge in [-0.1, -0.05) is 60.7 Å². The van der Waals surface area contributed by atoms with Crippen molar-refractivity contribution in [1.82, 2.24) is 0 Å². The Labute approximate surface area is 187 Å². The monoisotopic (exact) mass is 479 g/mol. The Hall–Kier alpha value is -3.25. The summed E-state index contributed by atoms with van der Waals surface area (Å²) in [5.41, 5.74) is 13.2. The zero-order valence-corrected chi connectivity index (χ0v) is 18.6. The van der Waals surface area contributed by atoms with Crippen LogP contribution in [-0.4, -0.2) is 31.8 Å². The number of nitrogens with two attached hydrogens (primary N) is 2. The summed E-state index contributed by atoms with van der Waals surface area (Å²) in [6.07, 6.45) is 0. The molecule has 7 N–H and O–H groups in total. The molecule has 0 unspecified atom stereocenters. The smallest absolute Gasteiger partial charge is 0.269 e. The Kier molecular flexibility index (Phi) is 10.5. The summed E-state index contributed by atoms with van der Waals surface area (Å²) in [6, 6.07) is 23.9. The van der Waals surface area contributed by atoms with Gasteiger partial charge in [-0.2, -0.15) is 16.8 Å². The molecule has 0 amide bonds. The molecule has 0 spiro atoms. The van der Waals surface area contributed by atoms with E-state index in [0.717, 1.165) is 0 Å². The maximum Gasteiger partial charge on any atom is 0.269 e. The number of anilines is 1. The highest BCUT2D eigenvalue weighted by Crippen LogP contribution is 2.04. The third-order valence-corrected chi connectivity index (χ3v) is 5.00. The molecule has 9 nitrogen and oxygen atoms in total. The van der Waals surface area contributed by atoms with E-state index in [1.807, 2.05) is 0 Å². The van der Waals surface area contributed by atoms with Crippen LogP contribution in [-0.2, 0) is 31.7 Å². The van der Waals surface area contributed by atoms with Crippen LogP contribution in [0.4, 0.5) is 5.69 Å². The Morgan fingerprint density at radius 1 is 0.688 bits per heavy atom. The van der Waals surface area contributed by atoms with Crippen molar-refractivity contribution in [2.24, 2.45) is 5.73 Å². The van der Waals surface area contributed by atoms with Crippen LogP contribution in [0.5, 0.6) is 0 Å². The van der Waals surface area contributed by atoms with Crippen LogP contribution in [0.1, 0.15) is 16.7 Å². The topological polar surface area (TPSA) is 185 Å². The number of rotatable bonds is 5. The predicted molar refractivity (Wildman–Crippen MR) is 125 cm³/mol. The van der Waals surface area contributed by atoms with E-state index in [1.54, 1.807) is 84.9 Å². The van der Waals surface area contributed by atoms with Gasteiger partial charge in [-0.05, 0) is 35.4 Å². The molecule has 0 bridgehead atoms. The molecule has 0 saturated heterocycles. The van der Waals surface area contributed by atoms with E-state index < -0.39 is 20.2 Å². The minimum Gasteiger partial charge on any atom is -0.399 e. The zero-order valence-electron chi connectivity index (χ0n) is 17.0. The molecular formula is C21H25N3O6S2. The van der Waals surface area contributed by atoms with Crippen molar-refractivity contribution in [1.29, 1.82) is 5.41 Å². The number of nitrogen functional groups attached to an aromatic ring is 2. The van der Waals surface area contributed by atoms with Gasteiger partial charge in [0.1, 0.15) is 17.3 Å². The van der Waals surface area contributed by atoms with E-state index in [4.69, 9.17) is 26.0 Å². The maximum atomic E-state index is 10.4. The number of hydrogen-bond acceptors (Lipinski definition) is 6. The second kappa shape index (κ2) is 12.6. The first-order valence-corrected chi connectivity index (χ1v) is 12.3. The van der Waals surface area contributed by atoms with Gasteiger partial charge < -0.3 is 11.5 Å². The third kappa shape index (κ3) is 13.1. The van der Waals surface area contributed by atoms with Crippen LogP contribution < -0.4 is 11.5 Å². The Bertz CT molecular complexity index is 1110. The van der Waals surface area contributed by atoms with Gasteiger partial charge in [0.25, 0.3) is 20.2 Å². The summed E-state index contributed by atoms with van der Waals surface area (Å²) >= 11 is 0. The lowest BCUT2D eigenvalue weighted by molar-refractivity contribution is 0.479. The largest absolute Gasteiger partial charge is 0.399 e. The second-order valence-corrected chi connectivity index (χ2v) is 9.36. The summed E-state index contributed by atoms with van der Waals surface area (Å²) in [7, 11) is -7.75. The molecule has 0 saturated carbocycles. The van der Waals surface area contributed by atoms with Crippen LogP contribution in [0.2, 0.25) is 0 Å². The molecule has 0 radical (unpaired) electrons. The molecule has 0 fully saturated rings.